The van der Waals surface area contributed by atoms with Crippen molar-refractivity contribution in [1.29, 1.82) is 0 Å². The highest BCUT2D eigenvalue weighted by molar-refractivity contribution is 7.89. The molecule has 6 heteroatoms. The molecule has 3 rings (SSSR count). The van der Waals surface area contributed by atoms with Crippen molar-refractivity contribution >= 4 is 21.6 Å². The summed E-state index contributed by atoms with van der Waals surface area (Å²) in [4.78, 5) is 12.6. The fourth-order valence-corrected chi connectivity index (χ4v) is 4.36. The molecule has 0 bridgehead atoms. The monoisotopic (exact) mass is 372 g/mol. The number of hydrogen-bond acceptors (Lipinski definition) is 3. The first-order valence-corrected chi connectivity index (χ1v) is 10.3. The number of carbonyl (C=O) groups excluding carboxylic acids is 1. The first-order valence-electron chi connectivity index (χ1n) is 8.84. The molecular formula is C20H24N2O3S. The van der Waals surface area contributed by atoms with Crippen LogP contribution in [0.3, 0.4) is 0 Å². The molecule has 0 saturated heterocycles. The summed E-state index contributed by atoms with van der Waals surface area (Å²) in [6.45, 7) is 1.73. The van der Waals surface area contributed by atoms with Crippen LogP contribution in [0.25, 0.3) is 0 Å². The molecule has 0 aliphatic heterocycles. The summed E-state index contributed by atoms with van der Waals surface area (Å²) in [7, 11) is -2.19. The zero-order valence-electron chi connectivity index (χ0n) is 15.1. The van der Waals surface area contributed by atoms with Crippen LogP contribution in [0.1, 0.15) is 35.1 Å². The second-order valence-electron chi connectivity index (χ2n) is 6.72. The predicted molar refractivity (Wildman–Crippen MR) is 103 cm³/mol. The topological polar surface area (TPSA) is 75.3 Å². The lowest BCUT2D eigenvalue weighted by molar-refractivity contribution is -0.115. The van der Waals surface area contributed by atoms with Crippen LogP contribution in [-0.2, 0) is 34.1 Å². The van der Waals surface area contributed by atoms with Gasteiger partial charge in [0.2, 0.25) is 15.9 Å². The van der Waals surface area contributed by atoms with Crippen molar-refractivity contribution in [3.63, 3.8) is 0 Å². The number of anilines is 1. The molecule has 0 aromatic heterocycles. The van der Waals surface area contributed by atoms with E-state index in [1.54, 1.807) is 19.1 Å². The highest BCUT2D eigenvalue weighted by Crippen LogP contribution is 2.23. The molecule has 1 aliphatic carbocycles. The van der Waals surface area contributed by atoms with Crippen molar-refractivity contribution in [2.24, 2.45) is 0 Å². The fourth-order valence-electron chi connectivity index (χ4n) is 3.36. The van der Waals surface area contributed by atoms with Crippen LogP contribution in [0, 0.1) is 6.92 Å². The van der Waals surface area contributed by atoms with E-state index < -0.39 is 10.0 Å². The number of nitrogens with one attached hydrogen (secondary N) is 2. The van der Waals surface area contributed by atoms with Gasteiger partial charge >= 0.3 is 0 Å². The molecule has 5 nitrogen and oxygen atoms in total. The number of carbonyl (C=O) groups is 1. The molecule has 0 atom stereocenters. The summed E-state index contributed by atoms with van der Waals surface area (Å²) in [5.74, 6) is -0.155. The Morgan fingerprint density at radius 3 is 2.50 bits per heavy atom. The number of rotatable bonds is 5. The van der Waals surface area contributed by atoms with Crippen molar-refractivity contribution < 1.29 is 13.2 Å². The van der Waals surface area contributed by atoms with Crippen LogP contribution in [-0.4, -0.2) is 21.4 Å². The number of benzene rings is 2. The zero-order chi connectivity index (χ0) is 18.7. The normalized spacial score (nSPS) is 13.9. The molecule has 0 heterocycles. The first-order chi connectivity index (χ1) is 12.4. The van der Waals surface area contributed by atoms with E-state index in [4.69, 9.17) is 0 Å². The number of hydrogen-bond donors (Lipinski definition) is 2. The lowest BCUT2D eigenvalue weighted by Gasteiger charge is -2.16. The Balaban J connectivity index is 1.73. The molecule has 0 spiro atoms. The van der Waals surface area contributed by atoms with E-state index in [0.717, 1.165) is 18.4 Å². The van der Waals surface area contributed by atoms with E-state index >= 15 is 0 Å². The Morgan fingerprint density at radius 1 is 1.04 bits per heavy atom. The maximum Gasteiger partial charge on any atom is 0.240 e. The molecule has 0 fully saturated rings. The van der Waals surface area contributed by atoms with Gasteiger partial charge in [-0.05, 0) is 74.0 Å². The fraction of sp³-hybridized carbons (Fsp3) is 0.350. The average molecular weight is 372 g/mol. The number of sulfonamides is 1. The van der Waals surface area contributed by atoms with Crippen molar-refractivity contribution in [2.45, 2.75) is 43.9 Å². The number of amides is 1. The molecule has 2 aromatic carbocycles. The standard InChI is InChI=1S/C20H24N2O3S/c1-14-7-10-18(13-19(14)26(24,25)21-2)22-20(23)12-15-8-9-16-5-3-4-6-17(16)11-15/h7-11,13,21H,3-6,12H2,1-2H3,(H,22,23). The van der Waals surface area contributed by atoms with Gasteiger partial charge in [0.25, 0.3) is 0 Å². The number of fused-ring (bicyclic) bond motifs is 1. The molecule has 2 aromatic rings. The third kappa shape index (κ3) is 4.14. The van der Waals surface area contributed by atoms with E-state index in [2.05, 4.69) is 22.2 Å². The predicted octanol–water partition coefficient (Wildman–Crippen LogP) is 2.96. The smallest absolute Gasteiger partial charge is 0.240 e. The molecule has 138 valence electrons. The van der Waals surface area contributed by atoms with Crippen LogP contribution in [0.5, 0.6) is 0 Å². The third-order valence-electron chi connectivity index (χ3n) is 4.81. The molecule has 0 unspecified atom stereocenters. The minimum Gasteiger partial charge on any atom is -0.326 e. The summed E-state index contributed by atoms with van der Waals surface area (Å²) in [6, 6.07) is 11.2. The van der Waals surface area contributed by atoms with Crippen LogP contribution in [0.15, 0.2) is 41.3 Å². The highest BCUT2D eigenvalue weighted by atomic mass is 32.2. The van der Waals surface area contributed by atoms with Crippen molar-refractivity contribution in [1.82, 2.24) is 4.72 Å². The van der Waals surface area contributed by atoms with Gasteiger partial charge in [-0.2, -0.15) is 0 Å². The van der Waals surface area contributed by atoms with Crippen molar-refractivity contribution in [3.8, 4) is 0 Å². The Hall–Kier alpha value is -2.18. The van der Waals surface area contributed by atoms with Gasteiger partial charge in [0.15, 0.2) is 0 Å². The van der Waals surface area contributed by atoms with E-state index in [1.807, 2.05) is 6.07 Å². The lowest BCUT2D eigenvalue weighted by atomic mass is 9.90. The molecular weight excluding hydrogens is 348 g/mol. The maximum atomic E-state index is 12.4. The van der Waals surface area contributed by atoms with Gasteiger partial charge in [0.05, 0.1) is 11.3 Å². The largest absolute Gasteiger partial charge is 0.326 e. The first kappa shape index (κ1) is 18.6. The van der Waals surface area contributed by atoms with Crippen molar-refractivity contribution in [2.75, 3.05) is 12.4 Å². The Bertz CT molecular complexity index is 936. The minimum atomic E-state index is -3.56. The summed E-state index contributed by atoms with van der Waals surface area (Å²) >= 11 is 0. The lowest BCUT2D eigenvalue weighted by Crippen LogP contribution is -2.20. The van der Waals surface area contributed by atoms with Gasteiger partial charge in [-0.3, -0.25) is 4.79 Å². The minimum absolute atomic E-state index is 0.155. The van der Waals surface area contributed by atoms with Crippen LogP contribution >= 0.6 is 0 Å². The van der Waals surface area contributed by atoms with Gasteiger partial charge in [0.1, 0.15) is 0 Å². The SMILES string of the molecule is CNS(=O)(=O)c1cc(NC(=O)Cc2ccc3c(c2)CCCC3)ccc1C. The Morgan fingerprint density at radius 2 is 1.77 bits per heavy atom. The molecule has 1 amide bonds. The van der Waals surface area contributed by atoms with Gasteiger partial charge in [-0.25, -0.2) is 13.1 Å². The summed E-state index contributed by atoms with van der Waals surface area (Å²) in [5.41, 5.74) is 4.83. The Kier molecular flexibility index (Phi) is 5.44. The van der Waals surface area contributed by atoms with Crippen molar-refractivity contribution in [3.05, 3.63) is 58.7 Å². The summed E-state index contributed by atoms with van der Waals surface area (Å²) in [6.07, 6.45) is 4.91. The van der Waals surface area contributed by atoms with Crippen LogP contribution < -0.4 is 10.0 Å². The molecule has 2 N–H and O–H groups in total. The van der Waals surface area contributed by atoms with Gasteiger partial charge < -0.3 is 5.32 Å². The number of aryl methyl sites for hydroxylation is 3. The quantitative estimate of drug-likeness (QED) is 0.847. The molecule has 0 saturated carbocycles. The Labute approximate surface area is 154 Å². The summed E-state index contributed by atoms with van der Waals surface area (Å²) in [5, 5.41) is 2.80. The average Bonchev–Trinajstić information content (AvgIpc) is 2.63. The molecule has 1 aliphatic rings. The third-order valence-corrected chi connectivity index (χ3v) is 6.36. The van der Waals surface area contributed by atoms with E-state index in [9.17, 15) is 13.2 Å². The van der Waals surface area contributed by atoms with Gasteiger partial charge in [-0.15, -0.1) is 0 Å². The highest BCUT2D eigenvalue weighted by Gasteiger charge is 2.16. The van der Waals surface area contributed by atoms with Crippen LogP contribution in [0.2, 0.25) is 0 Å². The summed E-state index contributed by atoms with van der Waals surface area (Å²) < 4.78 is 26.4. The zero-order valence-corrected chi connectivity index (χ0v) is 15.9. The molecule has 26 heavy (non-hydrogen) atoms. The second-order valence-corrected chi connectivity index (χ2v) is 8.58. The van der Waals surface area contributed by atoms with E-state index in [0.29, 0.717) is 11.3 Å². The van der Waals surface area contributed by atoms with E-state index in [-0.39, 0.29) is 17.2 Å². The van der Waals surface area contributed by atoms with E-state index in [1.165, 1.54) is 37.1 Å². The second kappa shape index (κ2) is 7.60. The van der Waals surface area contributed by atoms with Crippen LogP contribution in [0.4, 0.5) is 5.69 Å². The van der Waals surface area contributed by atoms with Gasteiger partial charge in [-0.1, -0.05) is 24.3 Å². The van der Waals surface area contributed by atoms with Gasteiger partial charge in [0, 0.05) is 5.69 Å². The molecule has 0 radical (unpaired) electrons. The maximum absolute atomic E-state index is 12.4.